The second-order valence-electron chi connectivity index (χ2n) is 1.56. The minimum atomic E-state index is -3.58. The molecule has 0 aliphatic carbocycles. The van der Waals surface area contributed by atoms with Gasteiger partial charge < -0.3 is 0 Å². The second kappa shape index (κ2) is 2.73. The quantitative estimate of drug-likeness (QED) is 0.573. The third-order valence-corrected chi connectivity index (χ3v) is 3.82. The highest BCUT2D eigenvalue weighted by atomic mass is 35.7. The van der Waals surface area contributed by atoms with Crippen LogP contribution in [-0.4, -0.2) is 8.42 Å². The Morgan fingerprint density at radius 1 is 1.50 bits per heavy atom. The summed E-state index contributed by atoms with van der Waals surface area (Å²) in [5.74, 6) is 0. The molecule has 0 spiro atoms. The molecule has 0 unspecified atom stereocenters. The van der Waals surface area contributed by atoms with Gasteiger partial charge in [0, 0.05) is 26.3 Å². The summed E-state index contributed by atoms with van der Waals surface area (Å²) in [5, 5.41) is 3.06. The van der Waals surface area contributed by atoms with Crippen molar-refractivity contribution >= 4 is 43.7 Å². The summed E-state index contributed by atoms with van der Waals surface area (Å²) < 4.78 is 21.3. The van der Waals surface area contributed by atoms with Gasteiger partial charge in [0.15, 0.2) is 0 Å². The van der Waals surface area contributed by atoms with Gasteiger partial charge in [-0.15, -0.1) is 24.0 Å². The number of rotatable bonds is 1. The fourth-order valence-electron chi connectivity index (χ4n) is 0.461. The van der Waals surface area contributed by atoms with Gasteiger partial charge in [-0.1, -0.05) is 0 Å². The summed E-state index contributed by atoms with van der Waals surface area (Å²) in [7, 11) is 1.45. The molecule has 0 aromatic carbocycles. The van der Waals surface area contributed by atoms with E-state index in [9.17, 15) is 8.42 Å². The summed E-state index contributed by atoms with van der Waals surface area (Å²) in [5.41, 5.74) is 0. The van der Waals surface area contributed by atoms with E-state index in [1.807, 2.05) is 0 Å². The molecule has 0 fully saturated rings. The maximum Gasteiger partial charge on any atom is 0.263 e. The number of thiophene rings is 1. The van der Waals surface area contributed by atoms with E-state index in [-0.39, 0.29) is 4.90 Å². The molecule has 0 saturated heterocycles. The van der Waals surface area contributed by atoms with E-state index in [1.165, 1.54) is 16.7 Å². The van der Waals surface area contributed by atoms with Gasteiger partial charge in [0.25, 0.3) is 9.05 Å². The first-order valence-electron chi connectivity index (χ1n) is 2.21. The number of halogens is 1. The highest BCUT2D eigenvalue weighted by Crippen LogP contribution is 2.26. The molecule has 1 aromatic rings. The Hall–Kier alpha value is 0.290. The minimum Gasteiger partial charge on any atom is -0.207 e. The molecule has 0 aliphatic heterocycles. The van der Waals surface area contributed by atoms with E-state index >= 15 is 0 Å². The smallest absolute Gasteiger partial charge is 0.207 e. The van der Waals surface area contributed by atoms with Crippen LogP contribution < -0.4 is 0 Å². The van der Waals surface area contributed by atoms with Crippen LogP contribution in [-0.2, 0) is 9.05 Å². The largest absolute Gasteiger partial charge is 0.263 e. The van der Waals surface area contributed by atoms with Crippen LogP contribution in [0.5, 0.6) is 0 Å². The fourth-order valence-corrected chi connectivity index (χ4v) is 3.48. The summed E-state index contributed by atoms with van der Waals surface area (Å²) in [6.07, 6.45) is 0. The van der Waals surface area contributed by atoms with Crippen molar-refractivity contribution in [2.75, 3.05) is 0 Å². The molecule has 6 heteroatoms. The van der Waals surface area contributed by atoms with Crippen LogP contribution in [0.4, 0.5) is 0 Å². The average molecular weight is 215 g/mol. The maximum atomic E-state index is 10.6. The number of hydrogen-bond donors (Lipinski definition) is 1. The molecule has 0 radical (unpaired) electrons. The van der Waals surface area contributed by atoms with Crippen LogP contribution >= 0.6 is 34.6 Å². The summed E-state index contributed by atoms with van der Waals surface area (Å²) in [4.78, 5) is 0.488. The highest BCUT2D eigenvalue weighted by molar-refractivity contribution is 8.14. The van der Waals surface area contributed by atoms with Crippen LogP contribution in [0.2, 0.25) is 0 Å². The summed E-state index contributed by atoms with van der Waals surface area (Å²) in [6, 6.07) is 0. The molecule has 0 atom stereocenters. The lowest BCUT2D eigenvalue weighted by molar-refractivity contribution is 0.608. The molecule has 0 aliphatic rings. The van der Waals surface area contributed by atoms with Crippen molar-refractivity contribution in [3.8, 4) is 0 Å². The van der Waals surface area contributed by atoms with E-state index in [0.717, 1.165) is 0 Å². The lowest BCUT2D eigenvalue weighted by Crippen LogP contribution is -1.87. The van der Waals surface area contributed by atoms with E-state index in [2.05, 4.69) is 12.6 Å². The zero-order valence-electron chi connectivity index (χ0n) is 4.61. The molecular formula is C4H3ClO2S3. The molecular weight excluding hydrogens is 212 g/mol. The van der Waals surface area contributed by atoms with Gasteiger partial charge in [-0.25, -0.2) is 8.42 Å². The van der Waals surface area contributed by atoms with Crippen molar-refractivity contribution in [2.24, 2.45) is 0 Å². The Labute approximate surface area is 72.7 Å². The topological polar surface area (TPSA) is 34.1 Å². The molecule has 0 saturated carbocycles. The van der Waals surface area contributed by atoms with Crippen molar-refractivity contribution in [3.05, 3.63) is 10.8 Å². The van der Waals surface area contributed by atoms with Crippen LogP contribution in [0, 0.1) is 0 Å². The van der Waals surface area contributed by atoms with Gasteiger partial charge in [-0.05, 0) is 0 Å². The molecule has 1 heterocycles. The molecule has 10 heavy (non-hydrogen) atoms. The zero-order chi connectivity index (χ0) is 7.78. The number of hydrogen-bond acceptors (Lipinski definition) is 4. The predicted octanol–water partition coefficient (Wildman–Crippen LogP) is 1.96. The van der Waals surface area contributed by atoms with Gasteiger partial charge >= 0.3 is 0 Å². The molecule has 56 valence electrons. The molecule has 0 N–H and O–H groups in total. The lowest BCUT2D eigenvalue weighted by atomic mass is 10.7. The first kappa shape index (κ1) is 8.39. The van der Waals surface area contributed by atoms with Gasteiger partial charge in [-0.3, -0.25) is 0 Å². The monoisotopic (exact) mass is 214 g/mol. The Kier molecular flexibility index (Phi) is 2.29. The minimum absolute atomic E-state index is 0.0856. The molecule has 0 amide bonds. The maximum absolute atomic E-state index is 10.6. The van der Waals surface area contributed by atoms with Gasteiger partial charge in [-0.2, -0.15) is 0 Å². The number of thiol groups is 1. The van der Waals surface area contributed by atoms with Crippen LogP contribution in [0.3, 0.4) is 0 Å². The van der Waals surface area contributed by atoms with Crippen molar-refractivity contribution in [1.82, 2.24) is 0 Å². The van der Waals surface area contributed by atoms with Gasteiger partial charge in [0.2, 0.25) is 0 Å². The Balaban J connectivity index is 3.32. The van der Waals surface area contributed by atoms with E-state index < -0.39 is 9.05 Å². The summed E-state index contributed by atoms with van der Waals surface area (Å²) in [6.45, 7) is 0. The van der Waals surface area contributed by atoms with Crippen molar-refractivity contribution in [1.29, 1.82) is 0 Å². The van der Waals surface area contributed by atoms with Crippen molar-refractivity contribution < 1.29 is 8.42 Å². The summed E-state index contributed by atoms with van der Waals surface area (Å²) >= 11 is 5.14. The molecule has 2 nitrogen and oxygen atoms in total. The van der Waals surface area contributed by atoms with Crippen LogP contribution in [0.15, 0.2) is 20.6 Å². The van der Waals surface area contributed by atoms with Crippen LogP contribution in [0.1, 0.15) is 0 Å². The Morgan fingerprint density at radius 2 is 2.10 bits per heavy atom. The molecule has 1 rings (SSSR count). The Morgan fingerprint density at radius 3 is 2.30 bits per heavy atom. The lowest BCUT2D eigenvalue weighted by Gasteiger charge is -1.89. The van der Waals surface area contributed by atoms with E-state index in [1.54, 1.807) is 5.38 Å². The van der Waals surface area contributed by atoms with Crippen LogP contribution in [0.25, 0.3) is 0 Å². The SMILES string of the molecule is O=S(=O)(Cl)c1cscc1S. The first-order valence-corrected chi connectivity index (χ1v) is 5.91. The highest BCUT2D eigenvalue weighted by Gasteiger charge is 2.13. The third-order valence-electron chi connectivity index (χ3n) is 0.870. The van der Waals surface area contributed by atoms with Gasteiger partial charge in [0.1, 0.15) is 4.90 Å². The first-order chi connectivity index (χ1) is 4.52. The van der Waals surface area contributed by atoms with E-state index in [0.29, 0.717) is 4.90 Å². The zero-order valence-corrected chi connectivity index (χ0v) is 7.90. The van der Waals surface area contributed by atoms with Gasteiger partial charge in [0.05, 0.1) is 0 Å². The van der Waals surface area contributed by atoms with E-state index in [4.69, 9.17) is 10.7 Å². The standard InChI is InChI=1S/C4H3ClO2S3/c5-10(6,7)4-2-9-1-3(4)8/h1-2,8H. The van der Waals surface area contributed by atoms with Crippen molar-refractivity contribution in [3.63, 3.8) is 0 Å². The predicted molar refractivity (Wildman–Crippen MR) is 44.6 cm³/mol. The molecule has 1 aromatic heterocycles. The third kappa shape index (κ3) is 1.66. The fraction of sp³-hybridized carbons (Fsp3) is 0. The van der Waals surface area contributed by atoms with Crippen molar-refractivity contribution in [2.45, 2.75) is 9.79 Å². The Bertz CT molecular complexity index is 326. The normalized spacial score (nSPS) is 11.8. The molecule has 0 bridgehead atoms. The second-order valence-corrected chi connectivity index (χ2v) is 5.32. The average Bonchev–Trinajstić information content (AvgIpc) is 2.11.